The number of hydrogen-bond acceptors (Lipinski definition) is 3. The molecule has 0 amide bonds. The molecule has 5 nitrogen and oxygen atoms in total. The molecule has 7 heteroatoms. The van der Waals surface area contributed by atoms with E-state index in [0.29, 0.717) is 22.3 Å². The Bertz CT molecular complexity index is 1230. The van der Waals surface area contributed by atoms with E-state index in [2.05, 4.69) is 0 Å². The molecule has 146 valence electrons. The van der Waals surface area contributed by atoms with Gasteiger partial charge in [-0.1, -0.05) is 53.5 Å². The summed E-state index contributed by atoms with van der Waals surface area (Å²) in [6.07, 6.45) is -1.38. The fourth-order valence-electron chi connectivity index (χ4n) is 3.38. The Morgan fingerprint density at radius 3 is 2.52 bits per heavy atom. The molecule has 0 spiro atoms. The number of carbonyl (C=O) groups is 1. The first-order chi connectivity index (χ1) is 13.9. The van der Waals surface area contributed by atoms with Crippen molar-refractivity contribution < 1.29 is 14.6 Å². The number of nitrogens with zero attached hydrogens (tertiary/aromatic N) is 1. The van der Waals surface area contributed by atoms with E-state index in [-0.39, 0.29) is 5.88 Å². The van der Waals surface area contributed by atoms with Gasteiger partial charge in [0.25, 0.3) is 0 Å². The number of nitrogens with two attached hydrogens (primary N) is 1. The number of anilines is 1. The largest absolute Gasteiger partial charge is 0.512 e. The van der Waals surface area contributed by atoms with Crippen molar-refractivity contribution in [3.63, 3.8) is 0 Å². The van der Waals surface area contributed by atoms with Crippen molar-refractivity contribution in [3.8, 4) is 17.0 Å². The molecule has 1 heterocycles. The van der Waals surface area contributed by atoms with Gasteiger partial charge >= 0.3 is 6.16 Å². The summed E-state index contributed by atoms with van der Waals surface area (Å²) in [5, 5.41) is 10.9. The monoisotopic (exact) mass is 426 g/mol. The zero-order valence-electron chi connectivity index (χ0n) is 15.1. The number of rotatable bonds is 4. The summed E-state index contributed by atoms with van der Waals surface area (Å²) in [6.45, 7) is 0.364. The van der Waals surface area contributed by atoms with Crippen LogP contribution in [0, 0.1) is 0 Å². The van der Waals surface area contributed by atoms with Crippen LogP contribution in [0.5, 0.6) is 5.88 Å². The molecule has 0 fully saturated rings. The summed E-state index contributed by atoms with van der Waals surface area (Å²) >= 11 is 12.1. The summed E-state index contributed by atoms with van der Waals surface area (Å²) in [4.78, 5) is 11.3. The van der Waals surface area contributed by atoms with Gasteiger partial charge < -0.3 is 20.1 Å². The third-order valence-electron chi connectivity index (χ3n) is 4.62. The maximum Gasteiger partial charge on any atom is 0.512 e. The molecule has 0 aliphatic carbocycles. The van der Waals surface area contributed by atoms with Gasteiger partial charge in [0.15, 0.2) is 0 Å². The molecule has 4 aromatic rings. The van der Waals surface area contributed by atoms with E-state index in [1.165, 1.54) is 0 Å². The van der Waals surface area contributed by atoms with E-state index in [1.54, 1.807) is 22.8 Å². The summed E-state index contributed by atoms with van der Waals surface area (Å²) in [5.41, 5.74) is 10.1. The summed E-state index contributed by atoms with van der Waals surface area (Å²) in [7, 11) is 0. The van der Waals surface area contributed by atoms with Crippen molar-refractivity contribution in [2.24, 2.45) is 0 Å². The summed E-state index contributed by atoms with van der Waals surface area (Å²) in [6, 6.07) is 20.3. The van der Waals surface area contributed by atoms with Crippen molar-refractivity contribution in [1.82, 2.24) is 4.57 Å². The van der Waals surface area contributed by atoms with Gasteiger partial charge in [-0.15, -0.1) is 0 Å². The van der Waals surface area contributed by atoms with Crippen LogP contribution in [-0.2, 0) is 6.54 Å². The second kappa shape index (κ2) is 7.70. The standard InChI is InChI=1S/C22H16Cl2N2O3/c23-18-8-7-13(9-19(18)24)12-26-20-6-2-5-16(14-3-1-4-15(25)10-14)17(20)11-21(26)29-22(27)28/h1-11H,12,25H2,(H,27,28). The lowest BCUT2D eigenvalue weighted by atomic mass is 10.0. The number of benzene rings is 3. The predicted molar refractivity (Wildman–Crippen MR) is 116 cm³/mol. The van der Waals surface area contributed by atoms with Gasteiger partial charge in [0.2, 0.25) is 5.88 Å². The zero-order chi connectivity index (χ0) is 20.5. The summed E-state index contributed by atoms with van der Waals surface area (Å²) in [5.74, 6) is 0.218. The van der Waals surface area contributed by atoms with Crippen LogP contribution < -0.4 is 10.5 Å². The number of aromatic nitrogens is 1. The smallest absolute Gasteiger partial charge is 0.449 e. The average molecular weight is 427 g/mol. The number of fused-ring (bicyclic) bond motifs is 1. The van der Waals surface area contributed by atoms with Crippen molar-refractivity contribution in [2.75, 3.05) is 5.73 Å². The van der Waals surface area contributed by atoms with Crippen molar-refractivity contribution >= 4 is 45.9 Å². The number of halogens is 2. The molecule has 4 rings (SSSR count). The maximum absolute atomic E-state index is 11.3. The molecule has 0 saturated carbocycles. The lowest BCUT2D eigenvalue weighted by molar-refractivity contribution is 0.141. The number of nitrogen functional groups attached to an aromatic ring is 1. The first kappa shape index (κ1) is 19.2. The second-order valence-corrected chi connectivity index (χ2v) is 7.36. The Kier molecular flexibility index (Phi) is 5.09. The first-order valence-corrected chi connectivity index (χ1v) is 9.51. The van der Waals surface area contributed by atoms with E-state index in [1.807, 2.05) is 48.5 Å². The SMILES string of the molecule is Nc1cccc(-c2cccc3c2cc(OC(=O)O)n3Cc2ccc(Cl)c(Cl)c2)c1. The van der Waals surface area contributed by atoms with Gasteiger partial charge in [-0.2, -0.15) is 0 Å². The highest BCUT2D eigenvalue weighted by Gasteiger charge is 2.17. The summed E-state index contributed by atoms with van der Waals surface area (Å²) < 4.78 is 6.86. The van der Waals surface area contributed by atoms with Crippen LogP contribution in [0.3, 0.4) is 0 Å². The molecule has 0 atom stereocenters. The van der Waals surface area contributed by atoms with Crippen LogP contribution in [0.15, 0.2) is 66.7 Å². The minimum atomic E-state index is -1.38. The molecule has 29 heavy (non-hydrogen) atoms. The van der Waals surface area contributed by atoms with Gasteiger partial charge in [0, 0.05) is 17.1 Å². The molecular weight excluding hydrogens is 411 g/mol. The highest BCUT2D eigenvalue weighted by Crippen LogP contribution is 2.35. The first-order valence-electron chi connectivity index (χ1n) is 8.75. The number of ether oxygens (including phenoxy) is 1. The molecule has 0 unspecified atom stereocenters. The highest BCUT2D eigenvalue weighted by molar-refractivity contribution is 6.42. The fraction of sp³-hybridized carbons (Fsp3) is 0.0455. The number of carboxylic acid groups (broad SMARTS) is 1. The zero-order valence-corrected chi connectivity index (χ0v) is 16.6. The van der Waals surface area contributed by atoms with Gasteiger partial charge in [0.05, 0.1) is 22.1 Å². The minimum Gasteiger partial charge on any atom is -0.449 e. The Morgan fingerprint density at radius 2 is 1.79 bits per heavy atom. The number of hydrogen-bond donors (Lipinski definition) is 2. The highest BCUT2D eigenvalue weighted by atomic mass is 35.5. The predicted octanol–water partition coefficient (Wildman–Crippen LogP) is 6.30. The van der Waals surface area contributed by atoms with Crippen LogP contribution in [-0.4, -0.2) is 15.8 Å². The molecule has 1 aromatic heterocycles. The van der Waals surface area contributed by atoms with Gasteiger partial charge in [-0.05, 0) is 47.0 Å². The van der Waals surface area contributed by atoms with Crippen LogP contribution >= 0.6 is 23.2 Å². The third-order valence-corrected chi connectivity index (χ3v) is 5.36. The van der Waals surface area contributed by atoms with Crippen molar-refractivity contribution in [3.05, 3.63) is 82.3 Å². The third kappa shape index (κ3) is 3.88. The maximum atomic E-state index is 11.3. The van der Waals surface area contributed by atoms with Gasteiger partial charge in [-0.25, -0.2) is 4.79 Å². The molecule has 0 bridgehead atoms. The van der Waals surface area contributed by atoms with E-state index in [0.717, 1.165) is 27.6 Å². The average Bonchev–Trinajstić information content (AvgIpc) is 3.01. The second-order valence-electron chi connectivity index (χ2n) is 6.55. The van der Waals surface area contributed by atoms with Crippen LogP contribution in [0.1, 0.15) is 5.56 Å². The van der Waals surface area contributed by atoms with Crippen LogP contribution in [0.2, 0.25) is 10.0 Å². The molecule has 0 aliphatic rings. The lowest BCUT2D eigenvalue weighted by Gasteiger charge is -2.11. The normalized spacial score (nSPS) is 11.0. The minimum absolute atomic E-state index is 0.218. The van der Waals surface area contributed by atoms with E-state index in [9.17, 15) is 9.90 Å². The van der Waals surface area contributed by atoms with Gasteiger partial charge in [-0.3, -0.25) is 0 Å². The molecule has 3 N–H and O–H groups in total. The Labute approximate surface area is 176 Å². The molecular formula is C22H16Cl2N2O3. The van der Waals surface area contributed by atoms with Crippen molar-refractivity contribution in [2.45, 2.75) is 6.54 Å². The molecule has 3 aromatic carbocycles. The Hall–Kier alpha value is -3.15. The topological polar surface area (TPSA) is 77.5 Å². The molecule has 0 aliphatic heterocycles. The quantitative estimate of drug-likeness (QED) is 0.296. The van der Waals surface area contributed by atoms with Crippen LogP contribution in [0.4, 0.5) is 10.5 Å². The van der Waals surface area contributed by atoms with E-state index < -0.39 is 6.16 Å². The van der Waals surface area contributed by atoms with E-state index >= 15 is 0 Å². The Morgan fingerprint density at radius 1 is 1.00 bits per heavy atom. The molecule has 0 saturated heterocycles. The van der Waals surface area contributed by atoms with Crippen LogP contribution in [0.25, 0.3) is 22.0 Å². The van der Waals surface area contributed by atoms with Gasteiger partial charge in [0.1, 0.15) is 0 Å². The van der Waals surface area contributed by atoms with E-state index in [4.69, 9.17) is 33.7 Å². The fourth-order valence-corrected chi connectivity index (χ4v) is 3.70. The Balaban J connectivity index is 1.89. The lowest BCUT2D eigenvalue weighted by Crippen LogP contribution is -2.09. The molecule has 0 radical (unpaired) electrons. The van der Waals surface area contributed by atoms with Crippen molar-refractivity contribution in [1.29, 1.82) is 0 Å².